The van der Waals surface area contributed by atoms with Gasteiger partial charge in [0.25, 0.3) is 0 Å². The minimum Gasteiger partial charge on any atom is -0.386 e. The fourth-order valence-corrected chi connectivity index (χ4v) is 1.88. The van der Waals surface area contributed by atoms with E-state index in [2.05, 4.69) is 4.74 Å². The highest BCUT2D eigenvalue weighted by Gasteiger charge is 2.28. The topological polar surface area (TPSA) is 29.5 Å². The van der Waals surface area contributed by atoms with Gasteiger partial charge in [-0.2, -0.15) is 13.2 Å². The lowest BCUT2D eigenvalue weighted by Gasteiger charge is -2.12. The second-order valence-electron chi connectivity index (χ2n) is 3.08. The molecule has 0 bridgehead atoms. The summed E-state index contributed by atoms with van der Waals surface area (Å²) >= 11 is 1.43. The summed E-state index contributed by atoms with van der Waals surface area (Å²) in [5.41, 5.74) is 0.627. The van der Waals surface area contributed by atoms with Crippen molar-refractivity contribution in [3.8, 4) is 0 Å². The molecule has 0 amide bonds. The maximum absolute atomic E-state index is 11.7. The summed E-state index contributed by atoms with van der Waals surface area (Å²) in [4.78, 5) is 0.887. The molecule has 6 heteroatoms. The number of aliphatic hydroxyl groups is 1. The summed E-state index contributed by atoms with van der Waals surface area (Å²) in [5.74, 6) is 0. The fourth-order valence-electron chi connectivity index (χ4n) is 1.12. The van der Waals surface area contributed by atoms with Crippen LogP contribution in [0.2, 0.25) is 0 Å². The molecule has 2 nitrogen and oxygen atoms in total. The molecule has 0 spiro atoms. The summed E-state index contributed by atoms with van der Waals surface area (Å²) in [5, 5.41) is 11.3. The quantitative estimate of drug-likeness (QED) is 0.876. The minimum atomic E-state index is -4.34. The van der Waals surface area contributed by atoms with Gasteiger partial charge in [0.1, 0.15) is 12.7 Å². The molecule has 0 radical (unpaired) electrons. The molecule has 1 N–H and O–H groups in total. The number of aliphatic hydroxyl groups excluding tert-OH is 1. The Morgan fingerprint density at radius 2 is 2.20 bits per heavy atom. The number of hydrogen-bond acceptors (Lipinski definition) is 3. The molecule has 86 valence electrons. The van der Waals surface area contributed by atoms with Crippen molar-refractivity contribution in [2.24, 2.45) is 0 Å². The van der Waals surface area contributed by atoms with Crippen LogP contribution in [0.4, 0.5) is 13.2 Å². The monoisotopic (exact) mass is 240 g/mol. The van der Waals surface area contributed by atoms with Crippen molar-refractivity contribution in [3.05, 3.63) is 21.9 Å². The highest BCUT2D eigenvalue weighted by Crippen LogP contribution is 2.23. The van der Waals surface area contributed by atoms with Gasteiger partial charge in [-0.05, 0) is 23.9 Å². The van der Waals surface area contributed by atoms with Crippen LogP contribution >= 0.6 is 11.3 Å². The number of rotatable bonds is 4. The Morgan fingerprint density at radius 1 is 1.53 bits per heavy atom. The van der Waals surface area contributed by atoms with Gasteiger partial charge in [0.15, 0.2) is 0 Å². The predicted octanol–water partition coefficient (Wildman–Crippen LogP) is 2.67. The molecule has 0 aliphatic carbocycles. The Balaban J connectivity index is 2.37. The van der Waals surface area contributed by atoms with Crippen LogP contribution in [-0.4, -0.2) is 24.5 Å². The van der Waals surface area contributed by atoms with E-state index in [1.165, 1.54) is 11.3 Å². The number of aryl methyl sites for hydroxylation is 1. The van der Waals surface area contributed by atoms with Crippen LogP contribution in [0.25, 0.3) is 0 Å². The Labute approximate surface area is 89.3 Å². The number of hydrogen-bond donors (Lipinski definition) is 1. The lowest BCUT2D eigenvalue weighted by atomic mass is 10.1. The normalized spacial score (nSPS) is 14.2. The third-order valence-electron chi connectivity index (χ3n) is 1.80. The van der Waals surface area contributed by atoms with Crippen molar-refractivity contribution in [1.82, 2.24) is 0 Å². The number of thiophene rings is 1. The molecule has 1 heterocycles. The molecular formula is C9H11F3O2S. The molecule has 0 saturated heterocycles. The second kappa shape index (κ2) is 4.96. The molecule has 1 aromatic rings. The number of ether oxygens (including phenoxy) is 1. The Morgan fingerprint density at radius 3 is 2.67 bits per heavy atom. The van der Waals surface area contributed by atoms with Gasteiger partial charge in [0.05, 0.1) is 6.61 Å². The predicted molar refractivity (Wildman–Crippen MR) is 50.9 cm³/mol. The summed E-state index contributed by atoms with van der Waals surface area (Å²) < 4.78 is 39.5. The molecule has 0 fully saturated rings. The molecule has 1 unspecified atom stereocenters. The highest BCUT2D eigenvalue weighted by atomic mass is 32.1. The van der Waals surface area contributed by atoms with Crippen molar-refractivity contribution >= 4 is 11.3 Å². The number of alkyl halides is 3. The molecule has 1 rings (SSSR count). The van der Waals surface area contributed by atoms with Crippen LogP contribution in [0.3, 0.4) is 0 Å². The Bertz CT molecular complexity index is 309. The Hall–Kier alpha value is -0.590. The summed E-state index contributed by atoms with van der Waals surface area (Å²) in [6, 6.07) is 1.68. The molecule has 0 aliphatic heterocycles. The van der Waals surface area contributed by atoms with Gasteiger partial charge in [-0.15, -0.1) is 11.3 Å². The SMILES string of the molecule is Cc1sccc1C(O)COCC(F)(F)F. The summed E-state index contributed by atoms with van der Waals surface area (Å²) in [7, 11) is 0. The van der Waals surface area contributed by atoms with Crippen molar-refractivity contribution in [3.63, 3.8) is 0 Å². The van der Waals surface area contributed by atoms with Crippen LogP contribution in [0, 0.1) is 6.92 Å². The largest absolute Gasteiger partial charge is 0.411 e. The molecule has 0 aromatic carbocycles. The van der Waals surface area contributed by atoms with Gasteiger partial charge < -0.3 is 9.84 Å². The van der Waals surface area contributed by atoms with E-state index in [1.54, 1.807) is 18.4 Å². The van der Waals surface area contributed by atoms with Gasteiger partial charge in [-0.3, -0.25) is 0 Å². The van der Waals surface area contributed by atoms with E-state index in [4.69, 9.17) is 0 Å². The van der Waals surface area contributed by atoms with E-state index in [0.29, 0.717) is 5.56 Å². The van der Waals surface area contributed by atoms with Crippen molar-refractivity contribution in [1.29, 1.82) is 0 Å². The smallest absolute Gasteiger partial charge is 0.386 e. The van der Waals surface area contributed by atoms with Crippen molar-refractivity contribution in [2.45, 2.75) is 19.2 Å². The van der Waals surface area contributed by atoms with Crippen molar-refractivity contribution in [2.75, 3.05) is 13.2 Å². The lowest BCUT2D eigenvalue weighted by Crippen LogP contribution is -2.19. The van der Waals surface area contributed by atoms with Crippen LogP contribution < -0.4 is 0 Å². The highest BCUT2D eigenvalue weighted by molar-refractivity contribution is 7.10. The molecule has 1 atom stereocenters. The van der Waals surface area contributed by atoms with Gasteiger partial charge in [0.2, 0.25) is 0 Å². The first-order chi connectivity index (χ1) is 6.90. The summed E-state index contributed by atoms with van der Waals surface area (Å²) in [6.07, 6.45) is -5.33. The van der Waals surface area contributed by atoms with Gasteiger partial charge >= 0.3 is 6.18 Å². The average molecular weight is 240 g/mol. The standard InChI is InChI=1S/C9H11F3O2S/c1-6-7(2-3-15-6)8(13)4-14-5-9(10,11)12/h2-3,8,13H,4-5H2,1H3. The van der Waals surface area contributed by atoms with Crippen LogP contribution in [0.1, 0.15) is 16.5 Å². The van der Waals surface area contributed by atoms with Crippen molar-refractivity contribution < 1.29 is 23.0 Å². The third-order valence-corrected chi connectivity index (χ3v) is 2.66. The van der Waals surface area contributed by atoms with Gasteiger partial charge in [-0.25, -0.2) is 0 Å². The first-order valence-corrected chi connectivity index (χ1v) is 5.14. The molecule has 15 heavy (non-hydrogen) atoms. The first kappa shape index (κ1) is 12.5. The van der Waals surface area contributed by atoms with E-state index in [0.717, 1.165) is 4.88 Å². The zero-order valence-electron chi connectivity index (χ0n) is 8.04. The van der Waals surface area contributed by atoms with Crippen LogP contribution in [0.15, 0.2) is 11.4 Å². The Kier molecular flexibility index (Phi) is 4.12. The van der Waals surface area contributed by atoms with E-state index in [9.17, 15) is 18.3 Å². The zero-order valence-corrected chi connectivity index (χ0v) is 8.86. The first-order valence-electron chi connectivity index (χ1n) is 4.26. The molecule has 0 saturated carbocycles. The van der Waals surface area contributed by atoms with E-state index in [1.807, 2.05) is 0 Å². The maximum Gasteiger partial charge on any atom is 0.411 e. The van der Waals surface area contributed by atoms with Crippen LogP contribution in [0.5, 0.6) is 0 Å². The average Bonchev–Trinajstić information content (AvgIpc) is 2.48. The van der Waals surface area contributed by atoms with Gasteiger partial charge in [-0.1, -0.05) is 0 Å². The van der Waals surface area contributed by atoms with Crippen LogP contribution in [-0.2, 0) is 4.74 Å². The number of halogens is 3. The molecule has 0 aliphatic rings. The van der Waals surface area contributed by atoms with E-state index in [-0.39, 0.29) is 6.61 Å². The second-order valence-corrected chi connectivity index (χ2v) is 4.20. The summed E-state index contributed by atoms with van der Waals surface area (Å²) in [6.45, 7) is 0.136. The van der Waals surface area contributed by atoms with E-state index >= 15 is 0 Å². The van der Waals surface area contributed by atoms with Gasteiger partial charge in [0, 0.05) is 4.88 Å². The third kappa shape index (κ3) is 4.19. The lowest BCUT2D eigenvalue weighted by molar-refractivity contribution is -0.179. The fraction of sp³-hybridized carbons (Fsp3) is 0.556. The molecular weight excluding hydrogens is 229 g/mol. The maximum atomic E-state index is 11.7. The van der Waals surface area contributed by atoms with E-state index < -0.39 is 18.9 Å². The molecule has 1 aromatic heterocycles. The minimum absolute atomic E-state index is 0.336. The zero-order chi connectivity index (χ0) is 11.5.